The molecule has 0 saturated carbocycles. The SMILES string of the molecule is C[C@H](Oc1ccccc1)C(=O)N1CCN(c2cc(C#N)ccn2)CC1. The minimum atomic E-state index is -0.519. The molecule has 1 saturated heterocycles. The van der Waals surface area contributed by atoms with Gasteiger partial charge >= 0.3 is 0 Å². The molecule has 1 atom stereocenters. The molecule has 0 bridgehead atoms. The maximum atomic E-state index is 12.6. The van der Waals surface area contributed by atoms with Crippen molar-refractivity contribution in [2.24, 2.45) is 0 Å². The molecule has 0 N–H and O–H groups in total. The number of para-hydroxylation sites is 1. The van der Waals surface area contributed by atoms with E-state index >= 15 is 0 Å². The molecule has 25 heavy (non-hydrogen) atoms. The Hall–Kier alpha value is -3.07. The minimum Gasteiger partial charge on any atom is -0.481 e. The average molecular weight is 336 g/mol. The van der Waals surface area contributed by atoms with Gasteiger partial charge in [0.25, 0.3) is 5.91 Å². The van der Waals surface area contributed by atoms with Crippen LogP contribution in [0.25, 0.3) is 0 Å². The third kappa shape index (κ3) is 4.07. The molecule has 3 rings (SSSR count). The first kappa shape index (κ1) is 16.8. The van der Waals surface area contributed by atoms with Gasteiger partial charge in [-0.25, -0.2) is 4.98 Å². The van der Waals surface area contributed by atoms with E-state index in [9.17, 15) is 4.79 Å². The van der Waals surface area contributed by atoms with Crippen LogP contribution in [0.3, 0.4) is 0 Å². The fraction of sp³-hybridized carbons (Fsp3) is 0.316. The van der Waals surface area contributed by atoms with Gasteiger partial charge in [0, 0.05) is 32.4 Å². The highest BCUT2D eigenvalue weighted by Gasteiger charge is 2.26. The standard InChI is InChI=1S/C19H20N4O2/c1-15(25-17-5-3-2-4-6-17)19(24)23-11-9-22(10-12-23)18-13-16(14-20)7-8-21-18/h2-8,13,15H,9-12H2,1H3/t15-/m0/s1. The van der Waals surface area contributed by atoms with Gasteiger partial charge < -0.3 is 14.5 Å². The number of hydrogen-bond donors (Lipinski definition) is 0. The van der Waals surface area contributed by atoms with E-state index in [1.54, 1.807) is 25.3 Å². The largest absolute Gasteiger partial charge is 0.481 e. The summed E-state index contributed by atoms with van der Waals surface area (Å²) in [6.45, 7) is 4.37. The van der Waals surface area contributed by atoms with Gasteiger partial charge in [-0.15, -0.1) is 0 Å². The fourth-order valence-corrected chi connectivity index (χ4v) is 2.83. The molecular formula is C19H20N4O2. The number of hydrogen-bond acceptors (Lipinski definition) is 5. The Balaban J connectivity index is 1.56. The Labute approximate surface area is 147 Å². The first-order chi connectivity index (χ1) is 12.2. The first-order valence-electron chi connectivity index (χ1n) is 8.29. The predicted octanol–water partition coefficient (Wildman–Crippen LogP) is 2.07. The van der Waals surface area contributed by atoms with Crippen molar-refractivity contribution in [2.75, 3.05) is 31.1 Å². The second-order valence-electron chi connectivity index (χ2n) is 5.90. The zero-order chi connectivity index (χ0) is 17.6. The molecule has 0 spiro atoms. The minimum absolute atomic E-state index is 0.0118. The number of rotatable bonds is 4. The van der Waals surface area contributed by atoms with E-state index in [1.807, 2.05) is 35.2 Å². The van der Waals surface area contributed by atoms with Crippen molar-refractivity contribution in [1.82, 2.24) is 9.88 Å². The van der Waals surface area contributed by atoms with Gasteiger partial charge in [-0.1, -0.05) is 18.2 Å². The van der Waals surface area contributed by atoms with Gasteiger partial charge in [-0.2, -0.15) is 5.26 Å². The number of piperazine rings is 1. The third-order valence-corrected chi connectivity index (χ3v) is 4.19. The van der Waals surface area contributed by atoms with Crippen molar-refractivity contribution in [2.45, 2.75) is 13.0 Å². The van der Waals surface area contributed by atoms with E-state index in [4.69, 9.17) is 10.00 Å². The van der Waals surface area contributed by atoms with Crippen molar-refractivity contribution in [1.29, 1.82) is 5.26 Å². The second-order valence-corrected chi connectivity index (χ2v) is 5.90. The topological polar surface area (TPSA) is 69.5 Å². The van der Waals surface area contributed by atoms with Crippen LogP contribution < -0.4 is 9.64 Å². The first-order valence-corrected chi connectivity index (χ1v) is 8.29. The van der Waals surface area contributed by atoms with Crippen LogP contribution >= 0.6 is 0 Å². The van der Waals surface area contributed by atoms with Crippen LogP contribution in [-0.4, -0.2) is 48.1 Å². The Bertz CT molecular complexity index is 764. The van der Waals surface area contributed by atoms with Crippen LogP contribution in [0.15, 0.2) is 48.7 Å². The van der Waals surface area contributed by atoms with Gasteiger partial charge in [0.15, 0.2) is 6.10 Å². The Morgan fingerprint density at radius 1 is 1.20 bits per heavy atom. The molecular weight excluding hydrogens is 316 g/mol. The van der Waals surface area contributed by atoms with Crippen molar-refractivity contribution in [3.63, 3.8) is 0 Å². The van der Waals surface area contributed by atoms with Gasteiger partial charge in [-0.05, 0) is 31.2 Å². The van der Waals surface area contributed by atoms with E-state index < -0.39 is 6.10 Å². The predicted molar refractivity (Wildman–Crippen MR) is 94.3 cm³/mol. The summed E-state index contributed by atoms with van der Waals surface area (Å²) in [5.74, 6) is 1.46. The van der Waals surface area contributed by atoms with E-state index in [1.165, 1.54) is 0 Å². The van der Waals surface area contributed by atoms with Crippen LogP contribution in [-0.2, 0) is 4.79 Å². The molecule has 1 aromatic carbocycles. The number of nitrogens with zero attached hydrogens (tertiary/aromatic N) is 4. The van der Waals surface area contributed by atoms with Gasteiger partial charge in [-0.3, -0.25) is 4.79 Å². The number of nitriles is 1. The molecule has 0 unspecified atom stereocenters. The van der Waals surface area contributed by atoms with Crippen LogP contribution in [0.4, 0.5) is 5.82 Å². The lowest BCUT2D eigenvalue weighted by Crippen LogP contribution is -2.52. The molecule has 0 radical (unpaired) electrons. The molecule has 1 amide bonds. The Kier molecular flexibility index (Phi) is 5.14. The molecule has 6 nitrogen and oxygen atoms in total. The van der Waals surface area contributed by atoms with Crippen LogP contribution in [0, 0.1) is 11.3 Å². The quantitative estimate of drug-likeness (QED) is 0.855. The molecule has 128 valence electrons. The lowest BCUT2D eigenvalue weighted by molar-refractivity contribution is -0.138. The van der Waals surface area contributed by atoms with E-state index in [2.05, 4.69) is 16.0 Å². The summed E-state index contributed by atoms with van der Waals surface area (Å²) in [6, 6.07) is 14.9. The lowest BCUT2D eigenvalue weighted by Gasteiger charge is -2.36. The number of carbonyl (C=O) groups is 1. The molecule has 0 aliphatic carbocycles. The molecule has 2 aromatic rings. The molecule has 2 heterocycles. The monoisotopic (exact) mass is 336 g/mol. The van der Waals surface area contributed by atoms with E-state index in [-0.39, 0.29) is 5.91 Å². The highest BCUT2D eigenvalue weighted by molar-refractivity contribution is 5.81. The normalized spacial score (nSPS) is 15.4. The third-order valence-electron chi connectivity index (χ3n) is 4.19. The average Bonchev–Trinajstić information content (AvgIpc) is 2.68. The summed E-state index contributed by atoms with van der Waals surface area (Å²) in [7, 11) is 0. The number of aromatic nitrogens is 1. The van der Waals surface area contributed by atoms with E-state index in [0.29, 0.717) is 37.5 Å². The zero-order valence-electron chi connectivity index (χ0n) is 14.1. The Morgan fingerprint density at radius 3 is 2.60 bits per heavy atom. The summed E-state index contributed by atoms with van der Waals surface area (Å²) in [5.41, 5.74) is 0.591. The van der Waals surface area contributed by atoms with Gasteiger partial charge in [0.05, 0.1) is 11.6 Å². The maximum absolute atomic E-state index is 12.6. The highest BCUT2D eigenvalue weighted by atomic mass is 16.5. The fourth-order valence-electron chi connectivity index (χ4n) is 2.83. The van der Waals surface area contributed by atoms with Crippen molar-refractivity contribution in [3.8, 4) is 11.8 Å². The van der Waals surface area contributed by atoms with Crippen molar-refractivity contribution >= 4 is 11.7 Å². The summed E-state index contributed by atoms with van der Waals surface area (Å²) in [6.07, 6.45) is 1.12. The molecule has 1 aliphatic heterocycles. The number of pyridine rings is 1. The summed E-state index contributed by atoms with van der Waals surface area (Å²) in [5, 5.41) is 8.99. The zero-order valence-corrected chi connectivity index (χ0v) is 14.1. The van der Waals surface area contributed by atoms with Crippen LogP contribution in [0.5, 0.6) is 5.75 Å². The van der Waals surface area contributed by atoms with Crippen molar-refractivity contribution in [3.05, 3.63) is 54.2 Å². The van der Waals surface area contributed by atoms with Gasteiger partial charge in [0.1, 0.15) is 11.6 Å². The summed E-state index contributed by atoms with van der Waals surface area (Å²) >= 11 is 0. The Morgan fingerprint density at radius 2 is 1.92 bits per heavy atom. The summed E-state index contributed by atoms with van der Waals surface area (Å²) < 4.78 is 5.72. The summed E-state index contributed by atoms with van der Waals surface area (Å²) in [4.78, 5) is 20.8. The lowest BCUT2D eigenvalue weighted by atomic mass is 10.2. The molecule has 6 heteroatoms. The number of anilines is 1. The molecule has 1 aliphatic rings. The van der Waals surface area contributed by atoms with E-state index in [0.717, 1.165) is 5.82 Å². The maximum Gasteiger partial charge on any atom is 0.263 e. The highest BCUT2D eigenvalue weighted by Crippen LogP contribution is 2.17. The number of amides is 1. The molecule has 1 aromatic heterocycles. The number of ether oxygens (including phenoxy) is 1. The second kappa shape index (κ2) is 7.67. The molecule has 1 fully saturated rings. The number of carbonyl (C=O) groups excluding carboxylic acids is 1. The number of benzene rings is 1. The van der Waals surface area contributed by atoms with Crippen molar-refractivity contribution < 1.29 is 9.53 Å². The smallest absolute Gasteiger partial charge is 0.263 e. The van der Waals surface area contributed by atoms with Crippen LogP contribution in [0.2, 0.25) is 0 Å². The van der Waals surface area contributed by atoms with Gasteiger partial charge in [0.2, 0.25) is 0 Å². The van der Waals surface area contributed by atoms with Crippen LogP contribution in [0.1, 0.15) is 12.5 Å².